The minimum Gasteiger partial charge on any atom is -0.370 e. The normalized spacial score (nSPS) is 20.7. The van der Waals surface area contributed by atoms with Crippen LogP contribution in [0, 0.1) is 11.8 Å². The molecule has 0 spiro atoms. The van der Waals surface area contributed by atoms with E-state index < -0.39 is 0 Å². The quantitative estimate of drug-likeness (QED) is 0.581. The van der Waals surface area contributed by atoms with Gasteiger partial charge in [0.25, 0.3) is 0 Å². The fourth-order valence-corrected chi connectivity index (χ4v) is 2.51. The van der Waals surface area contributed by atoms with Crippen LogP contribution in [-0.4, -0.2) is 43.4 Å². The minimum absolute atomic E-state index is 0.199. The number of guanidine groups is 1. The fourth-order valence-electron chi connectivity index (χ4n) is 2.51. The van der Waals surface area contributed by atoms with Crippen molar-refractivity contribution in [2.45, 2.75) is 39.5 Å². The van der Waals surface area contributed by atoms with Gasteiger partial charge in [-0.1, -0.05) is 13.8 Å². The third-order valence-corrected chi connectivity index (χ3v) is 3.52. The summed E-state index contributed by atoms with van der Waals surface area (Å²) in [5.74, 6) is 1.81. The first kappa shape index (κ1) is 15.8. The largest absolute Gasteiger partial charge is 0.370 e. The number of aliphatic imine (C=N–C) groups is 1. The van der Waals surface area contributed by atoms with E-state index in [1.165, 1.54) is 0 Å². The maximum atomic E-state index is 11.0. The highest BCUT2D eigenvalue weighted by Crippen LogP contribution is 2.19. The SMILES string of the molecule is CN=C(NCCC(C)C)N1CCCC(CC(N)=O)C1. The number of amides is 1. The van der Waals surface area contributed by atoms with Crippen molar-refractivity contribution in [2.75, 3.05) is 26.7 Å². The van der Waals surface area contributed by atoms with E-state index in [0.717, 1.165) is 44.9 Å². The van der Waals surface area contributed by atoms with E-state index >= 15 is 0 Å². The van der Waals surface area contributed by atoms with Gasteiger partial charge in [-0.25, -0.2) is 0 Å². The Labute approximate surface area is 116 Å². The first-order valence-corrected chi connectivity index (χ1v) is 7.26. The Morgan fingerprint density at radius 2 is 2.26 bits per heavy atom. The Balaban J connectivity index is 2.44. The topological polar surface area (TPSA) is 70.7 Å². The first-order chi connectivity index (χ1) is 9.02. The number of carbonyl (C=O) groups excluding carboxylic acids is 1. The molecule has 0 aromatic heterocycles. The minimum atomic E-state index is -0.199. The van der Waals surface area contributed by atoms with Gasteiger partial charge in [-0.2, -0.15) is 0 Å². The van der Waals surface area contributed by atoms with Gasteiger partial charge in [0, 0.05) is 33.1 Å². The molecule has 0 bridgehead atoms. The highest BCUT2D eigenvalue weighted by atomic mass is 16.1. The molecule has 1 aliphatic heterocycles. The van der Waals surface area contributed by atoms with Crippen molar-refractivity contribution < 1.29 is 4.79 Å². The Morgan fingerprint density at radius 3 is 2.84 bits per heavy atom. The average Bonchev–Trinajstić information content (AvgIpc) is 2.34. The van der Waals surface area contributed by atoms with Crippen LogP contribution in [0.1, 0.15) is 39.5 Å². The zero-order chi connectivity index (χ0) is 14.3. The van der Waals surface area contributed by atoms with E-state index in [-0.39, 0.29) is 5.91 Å². The molecule has 1 fully saturated rings. The van der Waals surface area contributed by atoms with Crippen molar-refractivity contribution in [3.05, 3.63) is 0 Å². The van der Waals surface area contributed by atoms with Crippen molar-refractivity contribution >= 4 is 11.9 Å². The van der Waals surface area contributed by atoms with Crippen LogP contribution < -0.4 is 11.1 Å². The zero-order valence-electron chi connectivity index (χ0n) is 12.5. The van der Waals surface area contributed by atoms with Gasteiger partial charge in [-0.3, -0.25) is 9.79 Å². The second-order valence-corrected chi connectivity index (χ2v) is 5.78. The number of rotatable bonds is 5. The van der Waals surface area contributed by atoms with E-state index in [4.69, 9.17) is 5.73 Å². The number of hydrogen-bond acceptors (Lipinski definition) is 2. The Bertz CT molecular complexity index is 315. The summed E-state index contributed by atoms with van der Waals surface area (Å²) < 4.78 is 0. The Hall–Kier alpha value is -1.26. The highest BCUT2D eigenvalue weighted by Gasteiger charge is 2.23. The molecule has 1 aliphatic rings. The fraction of sp³-hybridized carbons (Fsp3) is 0.857. The van der Waals surface area contributed by atoms with Crippen molar-refractivity contribution in [3.8, 4) is 0 Å². The number of likely N-dealkylation sites (tertiary alicyclic amines) is 1. The number of nitrogens with one attached hydrogen (secondary N) is 1. The molecule has 1 rings (SSSR count). The molecule has 0 aromatic rings. The van der Waals surface area contributed by atoms with Gasteiger partial charge in [-0.05, 0) is 31.1 Å². The molecule has 0 radical (unpaired) electrons. The lowest BCUT2D eigenvalue weighted by atomic mass is 9.95. The molecule has 5 heteroatoms. The predicted octanol–water partition coefficient (Wildman–Crippen LogP) is 1.20. The summed E-state index contributed by atoms with van der Waals surface area (Å²) in [6.07, 6.45) is 3.81. The van der Waals surface area contributed by atoms with Crippen LogP contribution >= 0.6 is 0 Å². The maximum Gasteiger partial charge on any atom is 0.217 e. The Kier molecular flexibility index (Phi) is 6.67. The van der Waals surface area contributed by atoms with Gasteiger partial charge in [-0.15, -0.1) is 0 Å². The molecule has 1 unspecified atom stereocenters. The molecular weight excluding hydrogens is 240 g/mol. The van der Waals surface area contributed by atoms with Crippen LogP contribution in [-0.2, 0) is 4.79 Å². The lowest BCUT2D eigenvalue weighted by Gasteiger charge is -2.34. The van der Waals surface area contributed by atoms with E-state index in [2.05, 4.69) is 29.1 Å². The van der Waals surface area contributed by atoms with Crippen LogP contribution in [0.5, 0.6) is 0 Å². The van der Waals surface area contributed by atoms with E-state index in [1.807, 2.05) is 7.05 Å². The standard InChI is InChI=1S/C14H28N4O/c1-11(2)6-7-17-14(16-3)18-8-4-5-12(10-18)9-13(15)19/h11-12H,4-10H2,1-3H3,(H2,15,19)(H,16,17). The van der Waals surface area contributed by atoms with Crippen LogP contribution in [0.25, 0.3) is 0 Å². The van der Waals surface area contributed by atoms with Crippen LogP contribution in [0.3, 0.4) is 0 Å². The average molecular weight is 268 g/mol. The lowest BCUT2D eigenvalue weighted by Crippen LogP contribution is -2.47. The van der Waals surface area contributed by atoms with Crippen LogP contribution in [0.2, 0.25) is 0 Å². The molecule has 1 saturated heterocycles. The van der Waals surface area contributed by atoms with E-state index in [0.29, 0.717) is 18.3 Å². The highest BCUT2D eigenvalue weighted by molar-refractivity contribution is 5.80. The molecule has 110 valence electrons. The summed E-state index contributed by atoms with van der Waals surface area (Å²) in [5, 5.41) is 3.40. The number of nitrogens with two attached hydrogens (primary N) is 1. The van der Waals surface area contributed by atoms with Crippen molar-refractivity contribution in [3.63, 3.8) is 0 Å². The molecule has 19 heavy (non-hydrogen) atoms. The Morgan fingerprint density at radius 1 is 1.53 bits per heavy atom. The number of nitrogens with zero attached hydrogens (tertiary/aromatic N) is 2. The lowest BCUT2D eigenvalue weighted by molar-refractivity contribution is -0.119. The van der Waals surface area contributed by atoms with Crippen LogP contribution in [0.4, 0.5) is 0 Å². The molecule has 1 atom stereocenters. The molecule has 0 aromatic carbocycles. The molecule has 0 aliphatic carbocycles. The van der Waals surface area contributed by atoms with Gasteiger partial charge in [0.2, 0.25) is 5.91 Å². The summed E-state index contributed by atoms with van der Waals surface area (Å²) in [6.45, 7) is 7.27. The molecule has 3 N–H and O–H groups in total. The molecule has 0 saturated carbocycles. The second kappa shape index (κ2) is 8.02. The predicted molar refractivity (Wildman–Crippen MR) is 78.9 cm³/mol. The number of piperidine rings is 1. The van der Waals surface area contributed by atoms with E-state index in [1.54, 1.807) is 0 Å². The van der Waals surface area contributed by atoms with Gasteiger partial charge >= 0.3 is 0 Å². The van der Waals surface area contributed by atoms with Crippen molar-refractivity contribution in [2.24, 2.45) is 22.6 Å². The summed E-state index contributed by atoms with van der Waals surface area (Å²) >= 11 is 0. The number of carbonyl (C=O) groups is 1. The number of hydrogen-bond donors (Lipinski definition) is 2. The third kappa shape index (κ3) is 5.94. The van der Waals surface area contributed by atoms with Crippen molar-refractivity contribution in [1.29, 1.82) is 0 Å². The zero-order valence-corrected chi connectivity index (χ0v) is 12.5. The first-order valence-electron chi connectivity index (χ1n) is 7.26. The summed E-state index contributed by atoms with van der Waals surface area (Å²) in [6, 6.07) is 0. The van der Waals surface area contributed by atoms with E-state index in [9.17, 15) is 4.79 Å². The smallest absolute Gasteiger partial charge is 0.217 e. The molecular formula is C14H28N4O. The van der Waals surface area contributed by atoms with Gasteiger partial charge in [0.15, 0.2) is 5.96 Å². The third-order valence-electron chi connectivity index (χ3n) is 3.52. The molecule has 5 nitrogen and oxygen atoms in total. The van der Waals surface area contributed by atoms with Gasteiger partial charge < -0.3 is 16.0 Å². The van der Waals surface area contributed by atoms with Gasteiger partial charge in [0.1, 0.15) is 0 Å². The summed E-state index contributed by atoms with van der Waals surface area (Å²) in [5.41, 5.74) is 5.29. The second-order valence-electron chi connectivity index (χ2n) is 5.78. The van der Waals surface area contributed by atoms with Gasteiger partial charge in [0.05, 0.1) is 0 Å². The summed E-state index contributed by atoms with van der Waals surface area (Å²) in [7, 11) is 1.81. The van der Waals surface area contributed by atoms with Crippen LogP contribution in [0.15, 0.2) is 4.99 Å². The van der Waals surface area contributed by atoms with Crippen molar-refractivity contribution in [1.82, 2.24) is 10.2 Å². The summed E-state index contributed by atoms with van der Waals surface area (Å²) in [4.78, 5) is 17.6. The molecule has 1 amide bonds. The molecule has 1 heterocycles. The number of primary amides is 1. The monoisotopic (exact) mass is 268 g/mol. The maximum absolute atomic E-state index is 11.0.